The van der Waals surface area contributed by atoms with Crippen molar-refractivity contribution in [1.29, 1.82) is 0 Å². The first-order chi connectivity index (χ1) is 9.08. The second-order valence-electron chi connectivity index (χ2n) is 4.51. The van der Waals surface area contributed by atoms with Crippen LogP contribution in [0.15, 0.2) is 24.7 Å². The molecule has 0 aliphatic rings. The van der Waals surface area contributed by atoms with Gasteiger partial charge in [-0.3, -0.25) is 14.6 Å². The number of aryl methyl sites for hydroxylation is 1. The van der Waals surface area contributed by atoms with Crippen molar-refractivity contribution in [3.8, 4) is 0 Å². The second kappa shape index (κ2) is 5.60. The molecule has 0 fully saturated rings. The van der Waals surface area contributed by atoms with Gasteiger partial charge in [0, 0.05) is 19.4 Å². The van der Waals surface area contributed by atoms with Gasteiger partial charge in [-0.2, -0.15) is 5.10 Å². The molecule has 6 nitrogen and oxygen atoms in total. The van der Waals surface area contributed by atoms with Crippen LogP contribution in [0.4, 0.5) is 0 Å². The predicted octanol–water partition coefficient (Wildman–Crippen LogP) is 1.69. The van der Waals surface area contributed by atoms with Crippen molar-refractivity contribution in [3.05, 3.63) is 41.7 Å². The molecule has 0 amide bonds. The van der Waals surface area contributed by atoms with Crippen LogP contribution in [0.3, 0.4) is 0 Å². The molecule has 0 saturated carbocycles. The average molecular weight is 260 g/mol. The van der Waals surface area contributed by atoms with E-state index in [9.17, 15) is 4.79 Å². The summed E-state index contributed by atoms with van der Waals surface area (Å²) in [6.45, 7) is 4.16. The molecule has 2 rings (SSSR count). The van der Waals surface area contributed by atoms with E-state index in [2.05, 4.69) is 15.1 Å². The minimum Gasteiger partial charge on any atom is -0.454 e. The van der Waals surface area contributed by atoms with E-state index in [4.69, 9.17) is 4.74 Å². The molecule has 0 aromatic carbocycles. The summed E-state index contributed by atoms with van der Waals surface area (Å²) in [5.74, 6) is -0.139. The smallest absolute Gasteiger partial charge is 0.356 e. The number of hydrogen-bond donors (Lipinski definition) is 0. The molecule has 2 aromatic rings. The summed E-state index contributed by atoms with van der Waals surface area (Å²) in [5.41, 5.74) is 1.92. The normalized spacial score (nSPS) is 10.7. The highest BCUT2D eigenvalue weighted by Crippen LogP contribution is 2.14. The van der Waals surface area contributed by atoms with Crippen molar-refractivity contribution in [2.45, 2.75) is 26.4 Å². The number of ether oxygens (including phenoxy) is 1. The molecular formula is C13H16N4O2. The highest BCUT2D eigenvalue weighted by Gasteiger charge is 2.16. The topological polar surface area (TPSA) is 69.9 Å². The third kappa shape index (κ3) is 3.15. The molecular weight excluding hydrogens is 244 g/mol. The molecule has 0 atom stereocenters. The molecule has 0 unspecified atom stereocenters. The van der Waals surface area contributed by atoms with Gasteiger partial charge in [0.15, 0.2) is 0 Å². The molecule has 2 aromatic heterocycles. The Balaban J connectivity index is 2.04. The van der Waals surface area contributed by atoms with Crippen molar-refractivity contribution in [2.75, 3.05) is 0 Å². The van der Waals surface area contributed by atoms with E-state index in [-0.39, 0.29) is 12.5 Å². The third-order valence-electron chi connectivity index (χ3n) is 2.67. The lowest BCUT2D eigenvalue weighted by Gasteiger charge is -2.03. The van der Waals surface area contributed by atoms with Crippen LogP contribution in [0.1, 0.15) is 41.6 Å². The van der Waals surface area contributed by atoms with Gasteiger partial charge >= 0.3 is 5.97 Å². The average Bonchev–Trinajstić information content (AvgIpc) is 2.80. The monoisotopic (exact) mass is 260 g/mol. The zero-order valence-corrected chi connectivity index (χ0v) is 11.2. The third-order valence-corrected chi connectivity index (χ3v) is 2.67. The fraction of sp³-hybridized carbons (Fsp3) is 0.385. The summed E-state index contributed by atoms with van der Waals surface area (Å²) < 4.78 is 6.72. The SMILES string of the molecule is CC(C)c1cc(C(=O)OCc2cnccn2)n(C)n1. The van der Waals surface area contributed by atoms with Gasteiger partial charge in [-0.1, -0.05) is 13.8 Å². The van der Waals surface area contributed by atoms with Crippen LogP contribution >= 0.6 is 0 Å². The Morgan fingerprint density at radius 2 is 2.21 bits per heavy atom. The van der Waals surface area contributed by atoms with Crippen LogP contribution in [0.25, 0.3) is 0 Å². The second-order valence-corrected chi connectivity index (χ2v) is 4.51. The van der Waals surface area contributed by atoms with Gasteiger partial charge in [0.1, 0.15) is 12.3 Å². The maximum atomic E-state index is 11.9. The minimum absolute atomic E-state index is 0.106. The summed E-state index contributed by atoms with van der Waals surface area (Å²) >= 11 is 0. The fourth-order valence-electron chi connectivity index (χ4n) is 1.58. The molecule has 0 radical (unpaired) electrons. The van der Waals surface area contributed by atoms with Crippen LogP contribution < -0.4 is 0 Å². The van der Waals surface area contributed by atoms with Gasteiger partial charge in [0.25, 0.3) is 0 Å². The summed E-state index contributed by atoms with van der Waals surface area (Å²) in [6.07, 6.45) is 4.70. The van der Waals surface area contributed by atoms with Crippen molar-refractivity contribution in [1.82, 2.24) is 19.7 Å². The highest BCUT2D eigenvalue weighted by atomic mass is 16.5. The van der Waals surface area contributed by atoms with E-state index in [1.54, 1.807) is 31.7 Å². The summed E-state index contributed by atoms with van der Waals surface area (Å²) in [5, 5.41) is 4.27. The maximum Gasteiger partial charge on any atom is 0.356 e. The van der Waals surface area contributed by atoms with Crippen LogP contribution in [-0.4, -0.2) is 25.7 Å². The van der Waals surface area contributed by atoms with E-state index in [1.165, 1.54) is 4.68 Å². The Hall–Kier alpha value is -2.24. The van der Waals surface area contributed by atoms with Crippen LogP contribution in [-0.2, 0) is 18.4 Å². The van der Waals surface area contributed by atoms with E-state index in [0.29, 0.717) is 11.4 Å². The Bertz CT molecular complexity index is 563. The largest absolute Gasteiger partial charge is 0.454 e. The molecule has 0 bridgehead atoms. The standard InChI is InChI=1S/C13H16N4O2/c1-9(2)11-6-12(17(3)16-11)13(18)19-8-10-7-14-4-5-15-10/h4-7,9H,8H2,1-3H3. The molecule has 0 aliphatic carbocycles. The lowest BCUT2D eigenvalue weighted by atomic mass is 10.1. The predicted molar refractivity (Wildman–Crippen MR) is 68.4 cm³/mol. The van der Waals surface area contributed by atoms with E-state index in [1.807, 2.05) is 13.8 Å². The van der Waals surface area contributed by atoms with Crippen LogP contribution in [0, 0.1) is 0 Å². The quantitative estimate of drug-likeness (QED) is 0.782. The number of carbonyl (C=O) groups excluding carboxylic acids is 1. The van der Waals surface area contributed by atoms with Crippen molar-refractivity contribution < 1.29 is 9.53 Å². The first-order valence-corrected chi connectivity index (χ1v) is 6.04. The number of esters is 1. The molecule has 100 valence electrons. The van der Waals surface area contributed by atoms with E-state index >= 15 is 0 Å². The number of hydrogen-bond acceptors (Lipinski definition) is 5. The van der Waals surface area contributed by atoms with Gasteiger partial charge in [0.05, 0.1) is 17.6 Å². The summed E-state index contributed by atoms with van der Waals surface area (Å²) in [7, 11) is 1.73. The molecule has 6 heteroatoms. The highest BCUT2D eigenvalue weighted by molar-refractivity contribution is 5.87. The zero-order chi connectivity index (χ0) is 13.8. The van der Waals surface area contributed by atoms with Crippen molar-refractivity contribution >= 4 is 5.97 Å². The number of carbonyl (C=O) groups is 1. The zero-order valence-electron chi connectivity index (χ0n) is 11.2. The fourth-order valence-corrected chi connectivity index (χ4v) is 1.58. The van der Waals surface area contributed by atoms with Crippen LogP contribution in [0.2, 0.25) is 0 Å². The first kappa shape index (κ1) is 13.2. The van der Waals surface area contributed by atoms with E-state index < -0.39 is 5.97 Å². The summed E-state index contributed by atoms with van der Waals surface area (Å²) in [4.78, 5) is 19.9. The van der Waals surface area contributed by atoms with Crippen molar-refractivity contribution in [3.63, 3.8) is 0 Å². The Kier molecular flexibility index (Phi) is 3.89. The van der Waals surface area contributed by atoms with Gasteiger partial charge < -0.3 is 4.74 Å². The molecule has 0 spiro atoms. The lowest BCUT2D eigenvalue weighted by Crippen LogP contribution is -2.11. The Morgan fingerprint density at radius 3 is 2.79 bits per heavy atom. The maximum absolute atomic E-state index is 11.9. The van der Waals surface area contributed by atoms with Crippen molar-refractivity contribution in [2.24, 2.45) is 7.05 Å². The summed E-state index contributed by atoms with van der Waals surface area (Å²) in [6, 6.07) is 1.75. The minimum atomic E-state index is -0.410. The molecule has 0 N–H and O–H groups in total. The van der Waals surface area contributed by atoms with Gasteiger partial charge in [-0.15, -0.1) is 0 Å². The Morgan fingerprint density at radius 1 is 1.42 bits per heavy atom. The number of aromatic nitrogens is 4. The molecule has 2 heterocycles. The molecule has 19 heavy (non-hydrogen) atoms. The van der Waals surface area contributed by atoms with Gasteiger partial charge in [-0.05, 0) is 12.0 Å². The van der Waals surface area contributed by atoms with Gasteiger partial charge in [0.2, 0.25) is 0 Å². The molecule has 0 saturated heterocycles. The van der Waals surface area contributed by atoms with Crippen LogP contribution in [0.5, 0.6) is 0 Å². The first-order valence-electron chi connectivity index (χ1n) is 6.04. The number of rotatable bonds is 4. The van der Waals surface area contributed by atoms with E-state index in [0.717, 1.165) is 5.69 Å². The lowest BCUT2D eigenvalue weighted by molar-refractivity contribution is 0.0454. The Labute approximate surface area is 111 Å². The number of nitrogens with zero attached hydrogens (tertiary/aromatic N) is 4. The molecule has 0 aliphatic heterocycles. The van der Waals surface area contributed by atoms with Gasteiger partial charge in [-0.25, -0.2) is 4.79 Å².